The monoisotopic (exact) mass is 288 g/mol. The molecule has 21 heavy (non-hydrogen) atoms. The van der Waals surface area contributed by atoms with Crippen molar-refractivity contribution >= 4 is 0 Å². The highest BCUT2D eigenvalue weighted by molar-refractivity contribution is 5.01. The van der Waals surface area contributed by atoms with Gasteiger partial charge in [0.2, 0.25) is 0 Å². The molecule has 0 bridgehead atoms. The van der Waals surface area contributed by atoms with Crippen LogP contribution >= 0.6 is 0 Å². The summed E-state index contributed by atoms with van der Waals surface area (Å²) in [4.78, 5) is 0. The molecule has 0 aromatic heterocycles. The summed E-state index contributed by atoms with van der Waals surface area (Å²) in [6.45, 7) is 5.06. The molecule has 120 valence electrons. The Hall–Kier alpha value is 0. The summed E-state index contributed by atoms with van der Waals surface area (Å²) in [5, 5.41) is 0. The van der Waals surface area contributed by atoms with Gasteiger partial charge >= 0.3 is 0 Å². The van der Waals surface area contributed by atoms with Crippen molar-refractivity contribution in [2.45, 2.75) is 84.5 Å². The Labute approximate surface area is 132 Å². The fourth-order valence-electron chi connectivity index (χ4n) is 7.24. The van der Waals surface area contributed by atoms with Crippen molar-refractivity contribution in [2.24, 2.45) is 47.3 Å². The molecule has 4 aliphatic rings. The van der Waals surface area contributed by atoms with Crippen LogP contribution in [0.4, 0.5) is 0 Å². The van der Waals surface area contributed by atoms with Crippen molar-refractivity contribution in [2.75, 3.05) is 0 Å². The van der Waals surface area contributed by atoms with Gasteiger partial charge in [0.1, 0.15) is 0 Å². The topological polar surface area (TPSA) is 0 Å². The van der Waals surface area contributed by atoms with Crippen LogP contribution in [0.5, 0.6) is 0 Å². The normalized spacial score (nSPS) is 50.9. The Kier molecular flexibility index (Phi) is 4.09. The molecule has 4 fully saturated rings. The maximum absolute atomic E-state index is 2.53. The van der Waals surface area contributed by atoms with Gasteiger partial charge in [0, 0.05) is 0 Å². The second kappa shape index (κ2) is 5.89. The number of fused-ring (bicyclic) bond motifs is 3. The van der Waals surface area contributed by atoms with Crippen LogP contribution in [0.2, 0.25) is 0 Å². The second-order valence-corrected chi connectivity index (χ2v) is 9.54. The smallest absolute Gasteiger partial charge is 0.0349 e. The van der Waals surface area contributed by atoms with Gasteiger partial charge in [-0.3, -0.25) is 0 Å². The largest absolute Gasteiger partial charge is 0.0625 e. The molecule has 0 aromatic carbocycles. The molecular weight excluding hydrogens is 252 g/mol. The molecule has 0 aliphatic heterocycles. The van der Waals surface area contributed by atoms with Crippen molar-refractivity contribution in [1.82, 2.24) is 0 Å². The SMILES string of the molecule is CC1CCC2C(C1)C1CC(C)CCC1C2CC1CCCC1. The van der Waals surface area contributed by atoms with Crippen LogP contribution in [0.15, 0.2) is 0 Å². The first-order valence-corrected chi connectivity index (χ1v) is 10.2. The highest BCUT2D eigenvalue weighted by atomic mass is 14.6. The van der Waals surface area contributed by atoms with E-state index in [0.717, 1.165) is 47.3 Å². The van der Waals surface area contributed by atoms with E-state index >= 15 is 0 Å². The number of hydrogen-bond acceptors (Lipinski definition) is 0. The summed E-state index contributed by atoms with van der Waals surface area (Å²) in [6.07, 6.45) is 17.3. The molecule has 4 rings (SSSR count). The minimum Gasteiger partial charge on any atom is -0.0625 e. The number of rotatable bonds is 2. The molecule has 0 heterocycles. The third kappa shape index (κ3) is 2.70. The Morgan fingerprint density at radius 2 is 1.14 bits per heavy atom. The zero-order chi connectivity index (χ0) is 14.4. The first kappa shape index (κ1) is 14.6. The summed E-state index contributed by atoms with van der Waals surface area (Å²) < 4.78 is 0. The predicted octanol–water partition coefficient (Wildman–Crippen LogP) is 6.30. The van der Waals surface area contributed by atoms with E-state index in [9.17, 15) is 0 Å². The molecule has 0 nitrogen and oxygen atoms in total. The fraction of sp³-hybridized carbons (Fsp3) is 1.00. The minimum atomic E-state index is 1.02. The zero-order valence-corrected chi connectivity index (χ0v) is 14.4. The van der Waals surface area contributed by atoms with Gasteiger partial charge in [-0.2, -0.15) is 0 Å². The van der Waals surface area contributed by atoms with Crippen molar-refractivity contribution in [3.8, 4) is 0 Å². The lowest BCUT2D eigenvalue weighted by molar-refractivity contribution is 0.133. The summed E-state index contributed by atoms with van der Waals surface area (Å²) >= 11 is 0. The Balaban J connectivity index is 1.53. The first-order valence-electron chi connectivity index (χ1n) is 10.2. The Morgan fingerprint density at radius 3 is 1.67 bits per heavy atom. The summed E-state index contributed by atoms with van der Waals surface area (Å²) in [7, 11) is 0. The number of hydrogen-bond donors (Lipinski definition) is 0. The van der Waals surface area contributed by atoms with E-state index in [0.29, 0.717) is 0 Å². The van der Waals surface area contributed by atoms with E-state index in [1.165, 1.54) is 25.7 Å². The van der Waals surface area contributed by atoms with Crippen molar-refractivity contribution in [1.29, 1.82) is 0 Å². The van der Waals surface area contributed by atoms with Crippen LogP contribution in [0.1, 0.15) is 84.5 Å². The van der Waals surface area contributed by atoms with E-state index in [-0.39, 0.29) is 0 Å². The van der Waals surface area contributed by atoms with Gasteiger partial charge < -0.3 is 0 Å². The molecule has 0 N–H and O–H groups in total. The molecule has 0 spiro atoms. The van der Waals surface area contributed by atoms with Gasteiger partial charge in [0.05, 0.1) is 0 Å². The van der Waals surface area contributed by atoms with Crippen molar-refractivity contribution in [3.63, 3.8) is 0 Å². The molecule has 4 aliphatic carbocycles. The first-order chi connectivity index (χ1) is 10.2. The van der Waals surface area contributed by atoms with Crippen LogP contribution < -0.4 is 0 Å². The van der Waals surface area contributed by atoms with Crippen LogP contribution in [0, 0.1) is 47.3 Å². The van der Waals surface area contributed by atoms with Gasteiger partial charge in [-0.05, 0) is 79.4 Å². The van der Waals surface area contributed by atoms with Gasteiger partial charge in [-0.25, -0.2) is 0 Å². The van der Waals surface area contributed by atoms with E-state index in [4.69, 9.17) is 0 Å². The lowest BCUT2D eigenvalue weighted by Crippen LogP contribution is -2.28. The van der Waals surface area contributed by atoms with Crippen LogP contribution in [-0.2, 0) is 0 Å². The standard InChI is InChI=1S/C21H36/c1-14-7-9-17-19(11-14)20-12-15(2)8-10-18(20)21(17)13-16-5-3-4-6-16/h14-21H,3-13H2,1-2H3. The molecular formula is C21H36. The third-order valence-corrected chi connectivity index (χ3v) is 8.16. The Morgan fingerprint density at radius 1 is 0.619 bits per heavy atom. The molecule has 6 unspecified atom stereocenters. The molecule has 6 atom stereocenters. The molecule has 0 radical (unpaired) electrons. The van der Waals surface area contributed by atoms with Gasteiger partial charge in [-0.15, -0.1) is 0 Å². The third-order valence-electron chi connectivity index (χ3n) is 8.16. The van der Waals surface area contributed by atoms with E-state index < -0.39 is 0 Å². The van der Waals surface area contributed by atoms with E-state index in [1.807, 2.05) is 0 Å². The fourth-order valence-corrected chi connectivity index (χ4v) is 7.24. The lowest BCUT2D eigenvalue weighted by atomic mass is 9.69. The van der Waals surface area contributed by atoms with Crippen molar-refractivity contribution < 1.29 is 0 Å². The van der Waals surface area contributed by atoms with Crippen LogP contribution in [0.25, 0.3) is 0 Å². The average Bonchev–Trinajstić information content (AvgIpc) is 3.07. The van der Waals surface area contributed by atoms with Crippen LogP contribution in [-0.4, -0.2) is 0 Å². The van der Waals surface area contributed by atoms with Gasteiger partial charge in [0.15, 0.2) is 0 Å². The van der Waals surface area contributed by atoms with E-state index in [2.05, 4.69) is 13.8 Å². The minimum absolute atomic E-state index is 1.02. The van der Waals surface area contributed by atoms with Crippen molar-refractivity contribution in [3.05, 3.63) is 0 Å². The summed E-state index contributed by atoms with van der Waals surface area (Å²) in [5.41, 5.74) is 0. The van der Waals surface area contributed by atoms with E-state index in [1.54, 1.807) is 44.9 Å². The molecule has 4 saturated carbocycles. The summed E-state index contributed by atoms with van der Waals surface area (Å²) in [6, 6.07) is 0. The predicted molar refractivity (Wildman–Crippen MR) is 90.1 cm³/mol. The molecule has 0 amide bonds. The zero-order valence-electron chi connectivity index (χ0n) is 14.4. The quantitative estimate of drug-likeness (QED) is 0.559. The highest BCUT2D eigenvalue weighted by Gasteiger charge is 2.52. The Bertz CT molecular complexity index is 327. The van der Waals surface area contributed by atoms with Gasteiger partial charge in [-0.1, -0.05) is 52.4 Å². The summed E-state index contributed by atoms with van der Waals surface area (Å²) in [5.74, 6) is 8.85. The second-order valence-electron chi connectivity index (χ2n) is 9.54. The average molecular weight is 289 g/mol. The van der Waals surface area contributed by atoms with Gasteiger partial charge in [0.25, 0.3) is 0 Å². The maximum Gasteiger partial charge on any atom is -0.0349 e. The maximum atomic E-state index is 2.53. The van der Waals surface area contributed by atoms with Crippen LogP contribution in [0.3, 0.4) is 0 Å². The lowest BCUT2D eigenvalue weighted by Gasteiger charge is -2.37. The molecule has 0 saturated heterocycles. The highest BCUT2D eigenvalue weighted by Crippen LogP contribution is 2.60. The molecule has 0 aromatic rings. The molecule has 0 heteroatoms.